The number of hydrogen-bond donors (Lipinski definition) is 3. The standard InChI is InChI=1S/C19H13NO3S/c21-13-8-6-11(7-9-13)14-10-24-19-16(14)17(22)15(18(23)20-19)12-4-2-1-3-5-12/h1-10,21H,(H2,20,22,23). The van der Waals surface area contributed by atoms with Crippen molar-refractivity contribution in [3.05, 3.63) is 70.3 Å². The Morgan fingerprint density at radius 1 is 0.875 bits per heavy atom. The topological polar surface area (TPSA) is 73.3 Å². The molecule has 0 bridgehead atoms. The van der Waals surface area contributed by atoms with Crippen LogP contribution in [-0.2, 0) is 0 Å². The predicted octanol–water partition coefficient (Wildman–Crippen LogP) is 4.33. The summed E-state index contributed by atoms with van der Waals surface area (Å²) in [4.78, 5) is 15.9. The highest BCUT2D eigenvalue weighted by Crippen LogP contribution is 2.41. The number of rotatable bonds is 2. The van der Waals surface area contributed by atoms with Crippen molar-refractivity contribution in [3.63, 3.8) is 0 Å². The highest BCUT2D eigenvalue weighted by molar-refractivity contribution is 7.17. The zero-order chi connectivity index (χ0) is 16.7. The molecule has 0 aliphatic rings. The van der Waals surface area contributed by atoms with Crippen LogP contribution < -0.4 is 5.56 Å². The lowest BCUT2D eigenvalue weighted by atomic mass is 10.0. The van der Waals surface area contributed by atoms with Gasteiger partial charge in [-0.15, -0.1) is 11.3 Å². The molecule has 0 aliphatic heterocycles. The SMILES string of the molecule is O=c1[nH]c2scc(-c3ccc(O)cc3)c2c(O)c1-c1ccccc1. The summed E-state index contributed by atoms with van der Waals surface area (Å²) in [5.74, 6) is 0.158. The number of phenols is 1. The Morgan fingerprint density at radius 3 is 2.29 bits per heavy atom. The van der Waals surface area contributed by atoms with Crippen LogP contribution in [-0.4, -0.2) is 15.2 Å². The molecule has 0 saturated heterocycles. The fourth-order valence-electron chi connectivity index (χ4n) is 2.81. The third-order valence-electron chi connectivity index (χ3n) is 3.96. The van der Waals surface area contributed by atoms with Crippen LogP contribution in [0.3, 0.4) is 0 Å². The zero-order valence-corrected chi connectivity index (χ0v) is 13.3. The van der Waals surface area contributed by atoms with Crippen molar-refractivity contribution in [1.82, 2.24) is 4.98 Å². The van der Waals surface area contributed by atoms with Crippen molar-refractivity contribution in [3.8, 4) is 33.8 Å². The monoisotopic (exact) mass is 335 g/mol. The molecule has 0 atom stereocenters. The van der Waals surface area contributed by atoms with E-state index in [1.165, 1.54) is 11.3 Å². The van der Waals surface area contributed by atoms with Gasteiger partial charge in [-0.2, -0.15) is 0 Å². The summed E-state index contributed by atoms with van der Waals surface area (Å²) in [5, 5.41) is 22.8. The van der Waals surface area contributed by atoms with Crippen LogP contribution in [0.15, 0.2) is 64.8 Å². The Hall–Kier alpha value is -3.05. The van der Waals surface area contributed by atoms with Gasteiger partial charge in [0.2, 0.25) is 0 Å². The Bertz CT molecular complexity index is 1080. The average Bonchev–Trinajstić information content (AvgIpc) is 3.00. The lowest BCUT2D eigenvalue weighted by Crippen LogP contribution is -2.08. The smallest absolute Gasteiger partial charge is 0.260 e. The Kier molecular flexibility index (Phi) is 3.36. The van der Waals surface area contributed by atoms with E-state index in [9.17, 15) is 15.0 Å². The maximum absolute atomic E-state index is 12.4. The van der Waals surface area contributed by atoms with Crippen LogP contribution in [0, 0.1) is 0 Å². The van der Waals surface area contributed by atoms with E-state index in [4.69, 9.17) is 0 Å². The lowest BCUT2D eigenvalue weighted by molar-refractivity contribution is 0.475. The minimum absolute atomic E-state index is 0.0238. The van der Waals surface area contributed by atoms with Gasteiger partial charge in [-0.05, 0) is 23.3 Å². The van der Waals surface area contributed by atoms with Gasteiger partial charge in [0, 0.05) is 10.9 Å². The van der Waals surface area contributed by atoms with Gasteiger partial charge in [0.15, 0.2) is 0 Å². The second-order valence-electron chi connectivity index (χ2n) is 5.44. The van der Waals surface area contributed by atoms with E-state index in [1.54, 1.807) is 36.4 Å². The third-order valence-corrected chi connectivity index (χ3v) is 4.85. The van der Waals surface area contributed by atoms with Crippen molar-refractivity contribution in [2.24, 2.45) is 0 Å². The van der Waals surface area contributed by atoms with Gasteiger partial charge in [0.25, 0.3) is 5.56 Å². The third kappa shape index (κ3) is 2.26. The van der Waals surface area contributed by atoms with E-state index in [-0.39, 0.29) is 22.6 Å². The number of thiophene rings is 1. The van der Waals surface area contributed by atoms with Gasteiger partial charge < -0.3 is 15.2 Å². The minimum atomic E-state index is -0.315. The van der Waals surface area contributed by atoms with E-state index in [0.717, 1.165) is 11.1 Å². The molecule has 4 rings (SSSR count). The van der Waals surface area contributed by atoms with E-state index in [0.29, 0.717) is 15.8 Å². The molecule has 2 heterocycles. The van der Waals surface area contributed by atoms with Crippen LogP contribution in [0.2, 0.25) is 0 Å². The molecule has 3 N–H and O–H groups in total. The molecule has 0 amide bonds. The molecular formula is C19H13NO3S. The molecular weight excluding hydrogens is 322 g/mol. The van der Waals surface area contributed by atoms with Crippen molar-refractivity contribution in [1.29, 1.82) is 0 Å². The number of hydrogen-bond acceptors (Lipinski definition) is 4. The van der Waals surface area contributed by atoms with E-state index >= 15 is 0 Å². The summed E-state index contributed by atoms with van der Waals surface area (Å²) in [7, 11) is 0. The predicted molar refractivity (Wildman–Crippen MR) is 96.6 cm³/mol. The van der Waals surface area contributed by atoms with Gasteiger partial charge in [-0.1, -0.05) is 42.5 Å². The van der Waals surface area contributed by atoms with Crippen molar-refractivity contribution in [2.75, 3.05) is 0 Å². The molecule has 24 heavy (non-hydrogen) atoms. The van der Waals surface area contributed by atoms with Crippen molar-refractivity contribution < 1.29 is 10.2 Å². The number of H-pyrrole nitrogens is 1. The second kappa shape index (κ2) is 5.54. The number of nitrogens with one attached hydrogen (secondary N) is 1. The van der Waals surface area contributed by atoms with Crippen LogP contribution in [0.1, 0.15) is 0 Å². The van der Waals surface area contributed by atoms with Crippen LogP contribution in [0.4, 0.5) is 0 Å². The molecule has 0 saturated carbocycles. The van der Waals surface area contributed by atoms with Crippen LogP contribution in [0.25, 0.3) is 32.5 Å². The molecule has 2 aromatic heterocycles. The normalized spacial score (nSPS) is 11.0. The first-order valence-corrected chi connectivity index (χ1v) is 8.24. The Labute approximate surface area is 141 Å². The molecule has 4 nitrogen and oxygen atoms in total. The minimum Gasteiger partial charge on any atom is -0.508 e. The quantitative estimate of drug-likeness (QED) is 0.510. The zero-order valence-electron chi connectivity index (χ0n) is 12.5. The van der Waals surface area contributed by atoms with Gasteiger partial charge in [-0.3, -0.25) is 4.79 Å². The largest absolute Gasteiger partial charge is 0.508 e. The van der Waals surface area contributed by atoms with Crippen LogP contribution in [0.5, 0.6) is 11.5 Å². The van der Waals surface area contributed by atoms with E-state index in [2.05, 4.69) is 4.98 Å². The number of benzene rings is 2. The lowest BCUT2D eigenvalue weighted by Gasteiger charge is -2.07. The van der Waals surface area contributed by atoms with E-state index < -0.39 is 0 Å². The molecule has 2 aromatic carbocycles. The van der Waals surface area contributed by atoms with Gasteiger partial charge in [0.05, 0.1) is 10.9 Å². The van der Waals surface area contributed by atoms with Gasteiger partial charge in [0.1, 0.15) is 16.3 Å². The molecule has 0 radical (unpaired) electrons. The number of pyridine rings is 1. The van der Waals surface area contributed by atoms with E-state index in [1.807, 2.05) is 23.6 Å². The first kappa shape index (κ1) is 14.5. The van der Waals surface area contributed by atoms with Crippen molar-refractivity contribution >= 4 is 21.6 Å². The highest BCUT2D eigenvalue weighted by Gasteiger charge is 2.18. The second-order valence-corrected chi connectivity index (χ2v) is 6.32. The van der Waals surface area contributed by atoms with Crippen LogP contribution >= 0.6 is 11.3 Å². The van der Waals surface area contributed by atoms with Crippen molar-refractivity contribution in [2.45, 2.75) is 0 Å². The Balaban J connectivity index is 2.02. The first-order valence-electron chi connectivity index (χ1n) is 7.36. The first-order chi connectivity index (χ1) is 11.6. The maximum Gasteiger partial charge on any atom is 0.260 e. The number of aromatic hydroxyl groups is 2. The summed E-state index contributed by atoms with van der Waals surface area (Å²) in [6.07, 6.45) is 0. The molecule has 0 spiro atoms. The number of aromatic nitrogens is 1. The van der Waals surface area contributed by atoms with Gasteiger partial charge in [-0.25, -0.2) is 0 Å². The summed E-state index contributed by atoms with van der Waals surface area (Å²) in [5.41, 5.74) is 2.30. The summed E-state index contributed by atoms with van der Waals surface area (Å²) in [6, 6.07) is 15.9. The molecule has 0 aliphatic carbocycles. The van der Waals surface area contributed by atoms with Gasteiger partial charge >= 0.3 is 0 Å². The average molecular weight is 335 g/mol. The molecule has 118 valence electrons. The molecule has 0 fully saturated rings. The maximum atomic E-state index is 12.4. The molecule has 5 heteroatoms. The summed E-state index contributed by atoms with van der Waals surface area (Å²) < 4.78 is 0. The number of phenolic OH excluding ortho intramolecular Hbond substituents is 1. The molecule has 4 aromatic rings. The Morgan fingerprint density at radius 2 is 1.58 bits per heavy atom. The highest BCUT2D eigenvalue weighted by atomic mass is 32.1. The fourth-order valence-corrected chi connectivity index (χ4v) is 3.77. The summed E-state index contributed by atoms with van der Waals surface area (Å²) >= 11 is 1.37. The number of aromatic amines is 1. The summed E-state index contributed by atoms with van der Waals surface area (Å²) in [6.45, 7) is 0. The fraction of sp³-hybridized carbons (Fsp3) is 0. The number of fused-ring (bicyclic) bond motifs is 1. The molecule has 0 unspecified atom stereocenters.